The number of nitrogens with zero attached hydrogens (tertiary/aromatic N) is 1. The number of halogens is 1. The van der Waals surface area contributed by atoms with Crippen molar-refractivity contribution in [3.63, 3.8) is 0 Å². The SMILES string of the molecule is COc1ccc(Cl)cc1CN1C(=O)C2CC=CCC2C1=O. The Balaban J connectivity index is 1.87. The zero-order valence-corrected chi connectivity index (χ0v) is 12.5. The van der Waals surface area contributed by atoms with E-state index in [-0.39, 0.29) is 30.2 Å². The van der Waals surface area contributed by atoms with E-state index < -0.39 is 0 Å². The Labute approximate surface area is 128 Å². The summed E-state index contributed by atoms with van der Waals surface area (Å²) in [6.07, 6.45) is 5.27. The Hall–Kier alpha value is -1.81. The summed E-state index contributed by atoms with van der Waals surface area (Å²) in [5.41, 5.74) is 0.748. The van der Waals surface area contributed by atoms with Crippen LogP contribution in [0.15, 0.2) is 30.4 Å². The van der Waals surface area contributed by atoms with E-state index in [0.717, 1.165) is 5.56 Å². The molecule has 1 aromatic rings. The first-order valence-corrected chi connectivity index (χ1v) is 7.32. The van der Waals surface area contributed by atoms with Crippen molar-refractivity contribution in [2.75, 3.05) is 7.11 Å². The van der Waals surface area contributed by atoms with Crippen molar-refractivity contribution in [3.05, 3.63) is 40.9 Å². The van der Waals surface area contributed by atoms with Crippen molar-refractivity contribution < 1.29 is 14.3 Å². The standard InChI is InChI=1S/C16H16ClNO3/c1-21-14-7-6-11(17)8-10(14)9-18-15(19)12-4-2-3-5-13(12)16(18)20/h2-3,6-8,12-13H,4-5,9H2,1H3. The number of allylic oxidation sites excluding steroid dienone is 2. The van der Waals surface area contributed by atoms with Gasteiger partial charge in [0.1, 0.15) is 5.75 Å². The summed E-state index contributed by atoms with van der Waals surface area (Å²) in [6, 6.07) is 5.21. The molecule has 0 bridgehead atoms. The maximum absolute atomic E-state index is 12.4. The third-order valence-electron chi connectivity index (χ3n) is 4.17. The van der Waals surface area contributed by atoms with Crippen LogP contribution in [0.5, 0.6) is 5.75 Å². The molecule has 2 atom stereocenters. The van der Waals surface area contributed by atoms with Crippen molar-refractivity contribution in [1.29, 1.82) is 0 Å². The van der Waals surface area contributed by atoms with Gasteiger partial charge in [0, 0.05) is 10.6 Å². The third-order valence-corrected chi connectivity index (χ3v) is 4.40. The number of fused-ring (bicyclic) bond motifs is 1. The van der Waals surface area contributed by atoms with Gasteiger partial charge in [-0.3, -0.25) is 14.5 Å². The highest BCUT2D eigenvalue weighted by Crippen LogP contribution is 2.36. The van der Waals surface area contributed by atoms with Gasteiger partial charge in [-0.05, 0) is 31.0 Å². The first kappa shape index (κ1) is 14.1. The molecule has 4 nitrogen and oxygen atoms in total. The average molecular weight is 306 g/mol. The van der Waals surface area contributed by atoms with Crippen LogP contribution in [-0.4, -0.2) is 23.8 Å². The number of carbonyl (C=O) groups is 2. The van der Waals surface area contributed by atoms with Crippen LogP contribution in [0.2, 0.25) is 5.02 Å². The molecule has 110 valence electrons. The molecule has 21 heavy (non-hydrogen) atoms. The molecule has 5 heteroatoms. The molecule has 1 heterocycles. The number of likely N-dealkylation sites (tertiary alicyclic amines) is 1. The van der Waals surface area contributed by atoms with E-state index in [1.165, 1.54) is 4.90 Å². The van der Waals surface area contributed by atoms with E-state index in [1.54, 1.807) is 25.3 Å². The Bertz CT molecular complexity index is 600. The highest BCUT2D eigenvalue weighted by atomic mass is 35.5. The van der Waals surface area contributed by atoms with E-state index in [9.17, 15) is 9.59 Å². The molecule has 0 aromatic heterocycles. The topological polar surface area (TPSA) is 46.6 Å². The van der Waals surface area contributed by atoms with E-state index >= 15 is 0 Å². The first-order valence-electron chi connectivity index (χ1n) is 6.94. The molecule has 1 fully saturated rings. The molecule has 1 aliphatic heterocycles. The molecular weight excluding hydrogens is 290 g/mol. The lowest BCUT2D eigenvalue weighted by molar-refractivity contribution is -0.140. The highest BCUT2D eigenvalue weighted by Gasteiger charge is 2.47. The van der Waals surface area contributed by atoms with Crippen molar-refractivity contribution in [2.45, 2.75) is 19.4 Å². The van der Waals surface area contributed by atoms with Gasteiger partial charge in [-0.2, -0.15) is 0 Å². The molecule has 3 rings (SSSR count). The van der Waals surface area contributed by atoms with Gasteiger partial charge < -0.3 is 4.74 Å². The number of hydrogen-bond acceptors (Lipinski definition) is 3. The minimum Gasteiger partial charge on any atom is -0.496 e. The van der Waals surface area contributed by atoms with Gasteiger partial charge in [0.05, 0.1) is 25.5 Å². The monoisotopic (exact) mass is 305 g/mol. The normalized spacial score (nSPS) is 24.4. The molecule has 2 aliphatic rings. The lowest BCUT2D eigenvalue weighted by atomic mass is 9.85. The second kappa shape index (κ2) is 5.53. The molecule has 2 unspecified atom stereocenters. The Morgan fingerprint density at radius 2 is 1.81 bits per heavy atom. The lowest BCUT2D eigenvalue weighted by Crippen LogP contribution is -2.30. The van der Waals surface area contributed by atoms with Gasteiger partial charge in [-0.15, -0.1) is 0 Å². The summed E-state index contributed by atoms with van der Waals surface area (Å²) in [5.74, 6) is 0.0566. The van der Waals surface area contributed by atoms with Crippen LogP contribution in [0.3, 0.4) is 0 Å². The Kier molecular flexibility index (Phi) is 3.72. The molecule has 1 aromatic carbocycles. The zero-order chi connectivity index (χ0) is 15.0. The Morgan fingerprint density at radius 3 is 2.38 bits per heavy atom. The Morgan fingerprint density at radius 1 is 1.19 bits per heavy atom. The summed E-state index contributed by atoms with van der Waals surface area (Å²) in [5, 5.41) is 0.559. The van der Waals surface area contributed by atoms with Crippen LogP contribution in [0.4, 0.5) is 0 Å². The lowest BCUT2D eigenvalue weighted by Gasteiger charge is -2.17. The maximum Gasteiger partial charge on any atom is 0.233 e. The van der Waals surface area contributed by atoms with Crippen molar-refractivity contribution >= 4 is 23.4 Å². The number of carbonyl (C=O) groups excluding carboxylic acids is 2. The molecule has 1 saturated heterocycles. The number of benzene rings is 1. The molecule has 0 N–H and O–H groups in total. The molecular formula is C16H16ClNO3. The van der Waals surface area contributed by atoms with E-state index in [4.69, 9.17) is 16.3 Å². The number of methoxy groups -OCH3 is 1. The molecule has 0 radical (unpaired) electrons. The number of imide groups is 1. The largest absolute Gasteiger partial charge is 0.496 e. The van der Waals surface area contributed by atoms with Crippen molar-refractivity contribution in [1.82, 2.24) is 4.90 Å². The third kappa shape index (κ3) is 2.44. The summed E-state index contributed by atoms with van der Waals surface area (Å²) in [6.45, 7) is 0.217. The molecule has 2 amide bonds. The highest BCUT2D eigenvalue weighted by molar-refractivity contribution is 6.30. The summed E-state index contributed by atoms with van der Waals surface area (Å²) >= 11 is 6.00. The zero-order valence-electron chi connectivity index (χ0n) is 11.7. The molecule has 0 saturated carbocycles. The number of hydrogen-bond donors (Lipinski definition) is 0. The summed E-state index contributed by atoms with van der Waals surface area (Å²) in [7, 11) is 1.56. The van der Waals surface area contributed by atoms with Gasteiger partial charge in [-0.25, -0.2) is 0 Å². The van der Waals surface area contributed by atoms with E-state index in [2.05, 4.69) is 0 Å². The van der Waals surface area contributed by atoms with Gasteiger partial charge in [0.25, 0.3) is 0 Å². The fourth-order valence-electron chi connectivity index (χ4n) is 3.07. The smallest absolute Gasteiger partial charge is 0.233 e. The quantitative estimate of drug-likeness (QED) is 0.637. The maximum atomic E-state index is 12.4. The van der Waals surface area contributed by atoms with E-state index in [1.807, 2.05) is 12.2 Å². The summed E-state index contributed by atoms with van der Waals surface area (Å²) < 4.78 is 5.28. The fourth-order valence-corrected chi connectivity index (χ4v) is 3.26. The predicted octanol–water partition coefficient (Wildman–Crippen LogP) is 2.80. The minimum absolute atomic E-state index is 0.0867. The van der Waals surface area contributed by atoms with Gasteiger partial charge >= 0.3 is 0 Å². The first-order chi connectivity index (χ1) is 10.1. The van der Waals surface area contributed by atoms with Crippen molar-refractivity contribution in [2.24, 2.45) is 11.8 Å². The van der Waals surface area contributed by atoms with Gasteiger partial charge in [-0.1, -0.05) is 23.8 Å². The van der Waals surface area contributed by atoms with Crippen LogP contribution < -0.4 is 4.74 Å². The second-order valence-corrected chi connectivity index (χ2v) is 5.81. The molecule has 0 spiro atoms. The van der Waals surface area contributed by atoms with Crippen LogP contribution in [0.1, 0.15) is 18.4 Å². The number of rotatable bonds is 3. The number of amides is 2. The average Bonchev–Trinajstić information content (AvgIpc) is 2.73. The fraction of sp³-hybridized carbons (Fsp3) is 0.375. The second-order valence-electron chi connectivity index (χ2n) is 5.37. The van der Waals surface area contributed by atoms with Crippen LogP contribution in [0, 0.1) is 11.8 Å². The summed E-state index contributed by atoms with van der Waals surface area (Å²) in [4.78, 5) is 26.2. The van der Waals surface area contributed by atoms with Crippen molar-refractivity contribution in [3.8, 4) is 5.75 Å². The van der Waals surface area contributed by atoms with Gasteiger partial charge in [0.2, 0.25) is 11.8 Å². The van der Waals surface area contributed by atoms with Crippen LogP contribution in [0.25, 0.3) is 0 Å². The van der Waals surface area contributed by atoms with Crippen LogP contribution in [-0.2, 0) is 16.1 Å². The minimum atomic E-state index is -0.201. The van der Waals surface area contributed by atoms with Crippen LogP contribution >= 0.6 is 11.6 Å². The van der Waals surface area contributed by atoms with Gasteiger partial charge in [0.15, 0.2) is 0 Å². The predicted molar refractivity (Wildman–Crippen MR) is 78.9 cm³/mol. The van der Waals surface area contributed by atoms with E-state index in [0.29, 0.717) is 23.6 Å². The number of ether oxygens (including phenoxy) is 1. The molecule has 1 aliphatic carbocycles.